The van der Waals surface area contributed by atoms with Crippen molar-refractivity contribution in [3.05, 3.63) is 102 Å². The van der Waals surface area contributed by atoms with Gasteiger partial charge in [0.1, 0.15) is 23.0 Å². The van der Waals surface area contributed by atoms with Crippen LogP contribution in [0.2, 0.25) is 0 Å². The highest BCUT2D eigenvalue weighted by Crippen LogP contribution is 2.20. The molecule has 0 saturated heterocycles. The van der Waals surface area contributed by atoms with E-state index in [1.54, 1.807) is 24.0 Å². The normalized spacial score (nSPS) is 10.9. The van der Waals surface area contributed by atoms with Gasteiger partial charge in [-0.3, -0.25) is 0 Å². The number of methoxy groups -OCH3 is 1. The van der Waals surface area contributed by atoms with Gasteiger partial charge in [-0.15, -0.1) is 0 Å². The number of hydrogen-bond donors (Lipinski definition) is 1. The smallest absolute Gasteiger partial charge is 0.123 e. The molecule has 1 heterocycles. The molecule has 0 fully saturated rings. The van der Waals surface area contributed by atoms with Crippen LogP contribution in [0.3, 0.4) is 0 Å². The standard InChI is InChI=1S/C24H23FN4O/c1-30-22-13-9-18(10-14-22)15-26-16-23-24(20-5-3-2-4-6-20)28-29(27-23)17-19-7-11-21(25)12-8-19/h2-14,26H,15-17H2,1H3. The van der Waals surface area contributed by atoms with Gasteiger partial charge in [0, 0.05) is 18.7 Å². The lowest BCUT2D eigenvalue weighted by molar-refractivity contribution is 0.414. The molecular weight excluding hydrogens is 379 g/mol. The Kier molecular flexibility index (Phi) is 6.15. The van der Waals surface area contributed by atoms with Crippen LogP contribution in [0, 0.1) is 5.82 Å². The van der Waals surface area contributed by atoms with Gasteiger partial charge in [0.25, 0.3) is 0 Å². The van der Waals surface area contributed by atoms with Crippen LogP contribution in [0.15, 0.2) is 78.9 Å². The second-order valence-electron chi connectivity index (χ2n) is 6.97. The Balaban J connectivity index is 1.50. The molecule has 152 valence electrons. The minimum absolute atomic E-state index is 0.249. The second-order valence-corrected chi connectivity index (χ2v) is 6.97. The van der Waals surface area contributed by atoms with Crippen LogP contribution in [0.25, 0.3) is 11.3 Å². The molecule has 0 aliphatic heterocycles. The predicted octanol–water partition coefficient (Wildman–Crippen LogP) is 4.43. The van der Waals surface area contributed by atoms with Crippen molar-refractivity contribution in [2.75, 3.05) is 7.11 Å². The number of nitrogens with one attached hydrogen (secondary N) is 1. The lowest BCUT2D eigenvalue weighted by Gasteiger charge is -2.06. The molecule has 0 amide bonds. The summed E-state index contributed by atoms with van der Waals surface area (Å²) in [5.41, 5.74) is 4.85. The third kappa shape index (κ3) is 4.90. The number of benzene rings is 3. The van der Waals surface area contributed by atoms with E-state index in [2.05, 4.69) is 5.32 Å². The van der Waals surface area contributed by atoms with Gasteiger partial charge in [-0.25, -0.2) is 4.39 Å². The van der Waals surface area contributed by atoms with Gasteiger partial charge >= 0.3 is 0 Å². The summed E-state index contributed by atoms with van der Waals surface area (Å²) in [5.74, 6) is 0.592. The predicted molar refractivity (Wildman–Crippen MR) is 114 cm³/mol. The molecule has 4 aromatic rings. The van der Waals surface area contributed by atoms with Gasteiger partial charge in [-0.2, -0.15) is 15.0 Å². The average molecular weight is 402 g/mol. The maximum atomic E-state index is 13.2. The van der Waals surface area contributed by atoms with E-state index >= 15 is 0 Å². The van der Waals surface area contributed by atoms with Gasteiger partial charge in [0.15, 0.2) is 0 Å². The van der Waals surface area contributed by atoms with Crippen molar-refractivity contribution in [2.45, 2.75) is 19.6 Å². The third-order valence-electron chi connectivity index (χ3n) is 4.79. The SMILES string of the molecule is COc1ccc(CNCc2nn(Cc3ccc(F)cc3)nc2-c2ccccc2)cc1. The van der Waals surface area contributed by atoms with E-state index in [4.69, 9.17) is 14.9 Å². The van der Waals surface area contributed by atoms with Crippen LogP contribution >= 0.6 is 0 Å². The maximum Gasteiger partial charge on any atom is 0.123 e. The summed E-state index contributed by atoms with van der Waals surface area (Å²) in [4.78, 5) is 1.67. The zero-order chi connectivity index (χ0) is 20.8. The highest BCUT2D eigenvalue weighted by atomic mass is 19.1. The molecule has 5 nitrogen and oxygen atoms in total. The number of aromatic nitrogens is 3. The van der Waals surface area contributed by atoms with Crippen LogP contribution in [0.5, 0.6) is 5.75 Å². The molecule has 0 bridgehead atoms. The fourth-order valence-corrected chi connectivity index (χ4v) is 3.21. The monoisotopic (exact) mass is 402 g/mol. The molecule has 1 N–H and O–H groups in total. The van der Waals surface area contributed by atoms with E-state index in [0.717, 1.165) is 33.8 Å². The molecular formula is C24H23FN4O. The van der Waals surface area contributed by atoms with E-state index < -0.39 is 0 Å². The Labute approximate surface area is 175 Å². The van der Waals surface area contributed by atoms with Crippen molar-refractivity contribution in [2.24, 2.45) is 0 Å². The molecule has 3 aromatic carbocycles. The molecule has 6 heteroatoms. The molecule has 0 saturated carbocycles. The van der Waals surface area contributed by atoms with Crippen LogP contribution < -0.4 is 10.1 Å². The summed E-state index contributed by atoms with van der Waals surface area (Å²) in [7, 11) is 1.66. The second kappa shape index (κ2) is 9.33. The molecule has 0 atom stereocenters. The van der Waals surface area contributed by atoms with E-state index in [1.807, 2.05) is 54.6 Å². The number of ether oxygens (including phenoxy) is 1. The van der Waals surface area contributed by atoms with E-state index in [-0.39, 0.29) is 5.82 Å². The highest BCUT2D eigenvalue weighted by molar-refractivity contribution is 5.60. The molecule has 0 aliphatic rings. The third-order valence-corrected chi connectivity index (χ3v) is 4.79. The number of nitrogens with zero attached hydrogens (tertiary/aromatic N) is 3. The fraction of sp³-hybridized carbons (Fsp3) is 0.167. The van der Waals surface area contributed by atoms with Crippen molar-refractivity contribution >= 4 is 0 Å². The first-order valence-corrected chi connectivity index (χ1v) is 9.79. The van der Waals surface area contributed by atoms with Crippen molar-refractivity contribution in [3.8, 4) is 17.0 Å². The van der Waals surface area contributed by atoms with Crippen molar-refractivity contribution in [3.63, 3.8) is 0 Å². The fourth-order valence-electron chi connectivity index (χ4n) is 3.21. The molecule has 4 rings (SSSR count). The summed E-state index contributed by atoms with van der Waals surface area (Å²) in [6.45, 7) is 1.78. The summed E-state index contributed by atoms with van der Waals surface area (Å²) < 4.78 is 18.4. The zero-order valence-electron chi connectivity index (χ0n) is 16.8. The van der Waals surface area contributed by atoms with Crippen LogP contribution in [0.1, 0.15) is 16.8 Å². The maximum absolute atomic E-state index is 13.2. The first-order valence-electron chi connectivity index (χ1n) is 9.79. The lowest BCUT2D eigenvalue weighted by atomic mass is 10.1. The van der Waals surface area contributed by atoms with Gasteiger partial charge in [0.2, 0.25) is 0 Å². The van der Waals surface area contributed by atoms with Crippen LogP contribution in [-0.2, 0) is 19.6 Å². The quantitative estimate of drug-likeness (QED) is 0.474. The van der Waals surface area contributed by atoms with Crippen LogP contribution in [-0.4, -0.2) is 22.1 Å². The van der Waals surface area contributed by atoms with Crippen molar-refractivity contribution in [1.82, 2.24) is 20.3 Å². The highest BCUT2D eigenvalue weighted by Gasteiger charge is 2.13. The molecule has 0 unspecified atom stereocenters. The first kappa shape index (κ1) is 19.8. The number of hydrogen-bond acceptors (Lipinski definition) is 4. The molecule has 30 heavy (non-hydrogen) atoms. The average Bonchev–Trinajstić information content (AvgIpc) is 3.19. The zero-order valence-corrected chi connectivity index (χ0v) is 16.8. The number of rotatable bonds is 8. The number of halogens is 1. The molecule has 0 spiro atoms. The van der Waals surface area contributed by atoms with Crippen molar-refractivity contribution in [1.29, 1.82) is 0 Å². The van der Waals surface area contributed by atoms with E-state index in [9.17, 15) is 4.39 Å². The lowest BCUT2D eigenvalue weighted by Crippen LogP contribution is -2.14. The Morgan fingerprint density at radius 2 is 1.53 bits per heavy atom. The van der Waals surface area contributed by atoms with Gasteiger partial charge in [0.05, 0.1) is 13.7 Å². The molecule has 0 radical (unpaired) electrons. The Hall–Kier alpha value is -3.51. The summed E-state index contributed by atoms with van der Waals surface area (Å²) in [6, 6.07) is 24.4. The van der Waals surface area contributed by atoms with E-state index in [1.165, 1.54) is 12.1 Å². The Bertz CT molecular complexity index is 1080. The molecule has 1 aromatic heterocycles. The topological polar surface area (TPSA) is 52.0 Å². The first-order chi connectivity index (χ1) is 14.7. The largest absolute Gasteiger partial charge is 0.497 e. The summed E-state index contributed by atoms with van der Waals surface area (Å²) >= 11 is 0. The Morgan fingerprint density at radius 1 is 0.833 bits per heavy atom. The van der Waals surface area contributed by atoms with E-state index in [0.29, 0.717) is 19.6 Å². The summed E-state index contributed by atoms with van der Waals surface area (Å²) in [6.07, 6.45) is 0. The van der Waals surface area contributed by atoms with Gasteiger partial charge in [-0.1, -0.05) is 54.6 Å². The molecule has 0 aliphatic carbocycles. The minimum Gasteiger partial charge on any atom is -0.497 e. The summed E-state index contributed by atoms with van der Waals surface area (Å²) in [5, 5.41) is 12.8. The Morgan fingerprint density at radius 3 is 2.23 bits per heavy atom. The van der Waals surface area contributed by atoms with Crippen molar-refractivity contribution < 1.29 is 9.13 Å². The van der Waals surface area contributed by atoms with Gasteiger partial charge in [-0.05, 0) is 35.4 Å². The minimum atomic E-state index is -0.249. The van der Waals surface area contributed by atoms with Crippen LogP contribution in [0.4, 0.5) is 4.39 Å². The van der Waals surface area contributed by atoms with Gasteiger partial charge < -0.3 is 10.1 Å².